The fraction of sp³-hybridized carbons (Fsp3) is 0.320. The van der Waals surface area contributed by atoms with E-state index in [-0.39, 0.29) is 11.8 Å². The molecule has 0 aliphatic carbocycles. The number of hydrogen-bond donors (Lipinski definition) is 1. The zero-order valence-electron chi connectivity index (χ0n) is 17.7. The Labute approximate surface area is 188 Å². The second-order valence-corrected chi connectivity index (χ2v) is 8.43. The molecular formula is C25H27ClN4O. The molecule has 2 heterocycles. The molecule has 0 unspecified atom stereocenters. The summed E-state index contributed by atoms with van der Waals surface area (Å²) in [5, 5.41) is 3.80. The second-order valence-electron chi connectivity index (χ2n) is 7.99. The van der Waals surface area contributed by atoms with Gasteiger partial charge in [-0.25, -0.2) is 9.97 Å². The van der Waals surface area contributed by atoms with Gasteiger partial charge in [-0.15, -0.1) is 0 Å². The number of aromatic nitrogens is 2. The van der Waals surface area contributed by atoms with Crippen molar-refractivity contribution in [2.24, 2.45) is 5.92 Å². The minimum Gasteiger partial charge on any atom is -0.326 e. The summed E-state index contributed by atoms with van der Waals surface area (Å²) in [7, 11) is 0. The van der Waals surface area contributed by atoms with Crippen LogP contribution in [0, 0.1) is 5.92 Å². The molecular weight excluding hydrogens is 408 g/mol. The summed E-state index contributed by atoms with van der Waals surface area (Å²) in [5.74, 6) is 1.00. The van der Waals surface area contributed by atoms with E-state index in [0.29, 0.717) is 5.02 Å². The summed E-state index contributed by atoms with van der Waals surface area (Å²) in [4.78, 5) is 24.0. The first-order valence-corrected chi connectivity index (χ1v) is 11.2. The highest BCUT2D eigenvalue weighted by Gasteiger charge is 2.25. The normalized spacial score (nSPS) is 15.0. The number of likely N-dealkylation sites (tertiary alicyclic amines) is 1. The number of rotatable bonds is 6. The molecule has 1 N–H and O–H groups in total. The van der Waals surface area contributed by atoms with Gasteiger partial charge in [-0.3, -0.25) is 9.69 Å². The van der Waals surface area contributed by atoms with Gasteiger partial charge in [0, 0.05) is 47.6 Å². The van der Waals surface area contributed by atoms with Crippen LogP contribution in [0.5, 0.6) is 0 Å². The zero-order valence-corrected chi connectivity index (χ0v) is 18.5. The van der Waals surface area contributed by atoms with E-state index >= 15 is 0 Å². The Hall–Kier alpha value is -2.76. The predicted octanol–water partition coefficient (Wildman–Crippen LogP) is 5.21. The highest BCUT2D eigenvalue weighted by Crippen LogP contribution is 2.26. The van der Waals surface area contributed by atoms with E-state index in [4.69, 9.17) is 11.6 Å². The largest absolute Gasteiger partial charge is 0.326 e. The molecule has 0 bridgehead atoms. The van der Waals surface area contributed by atoms with Crippen LogP contribution < -0.4 is 5.32 Å². The van der Waals surface area contributed by atoms with Crippen LogP contribution in [0.2, 0.25) is 5.02 Å². The molecule has 1 saturated heterocycles. The van der Waals surface area contributed by atoms with Crippen LogP contribution in [-0.2, 0) is 17.8 Å². The summed E-state index contributed by atoms with van der Waals surface area (Å²) in [6, 6.07) is 15.6. The van der Waals surface area contributed by atoms with E-state index in [1.54, 1.807) is 0 Å². The topological polar surface area (TPSA) is 58.1 Å². The number of hydrogen-bond acceptors (Lipinski definition) is 4. The number of halogens is 1. The van der Waals surface area contributed by atoms with Crippen molar-refractivity contribution in [3.05, 3.63) is 77.3 Å². The molecule has 5 nitrogen and oxygen atoms in total. The standard InChI is InChI=1S/C25H27ClN4O/c1-2-24-27-15-18(16-28-24)17-30-11-9-19(10-12-30)25(31)29-23-8-4-6-21(14-23)20-5-3-7-22(26)13-20/h3-8,13-16,19H,2,9-12,17H2,1H3,(H,29,31). The Morgan fingerprint density at radius 2 is 1.74 bits per heavy atom. The van der Waals surface area contributed by atoms with Crippen molar-refractivity contribution in [2.75, 3.05) is 18.4 Å². The quantitative estimate of drug-likeness (QED) is 0.578. The number of benzene rings is 2. The number of anilines is 1. The molecule has 160 valence electrons. The number of carbonyl (C=O) groups excluding carboxylic acids is 1. The Kier molecular flexibility index (Phi) is 6.95. The van der Waals surface area contributed by atoms with E-state index < -0.39 is 0 Å². The van der Waals surface area contributed by atoms with Crippen molar-refractivity contribution in [2.45, 2.75) is 32.7 Å². The Morgan fingerprint density at radius 1 is 1.06 bits per heavy atom. The van der Waals surface area contributed by atoms with Crippen molar-refractivity contribution in [3.8, 4) is 11.1 Å². The lowest BCUT2D eigenvalue weighted by atomic mass is 9.95. The lowest BCUT2D eigenvalue weighted by molar-refractivity contribution is -0.121. The van der Waals surface area contributed by atoms with E-state index in [9.17, 15) is 4.79 Å². The van der Waals surface area contributed by atoms with Crippen LogP contribution in [-0.4, -0.2) is 33.9 Å². The Morgan fingerprint density at radius 3 is 2.42 bits per heavy atom. The van der Waals surface area contributed by atoms with Crippen molar-refractivity contribution >= 4 is 23.2 Å². The third-order valence-corrected chi connectivity index (χ3v) is 5.96. The minimum absolute atomic E-state index is 0.0322. The molecule has 0 atom stereocenters. The molecule has 1 fully saturated rings. The molecule has 1 amide bonds. The Balaban J connectivity index is 1.31. The molecule has 6 heteroatoms. The van der Waals surface area contributed by atoms with Gasteiger partial charge in [0.05, 0.1) is 0 Å². The second kappa shape index (κ2) is 10.0. The lowest BCUT2D eigenvalue weighted by Crippen LogP contribution is -2.37. The molecule has 3 aromatic rings. The molecule has 1 aliphatic heterocycles. The summed E-state index contributed by atoms with van der Waals surface area (Å²) < 4.78 is 0. The summed E-state index contributed by atoms with van der Waals surface area (Å²) >= 11 is 6.12. The lowest BCUT2D eigenvalue weighted by Gasteiger charge is -2.31. The highest BCUT2D eigenvalue weighted by atomic mass is 35.5. The van der Waals surface area contributed by atoms with Crippen LogP contribution in [0.25, 0.3) is 11.1 Å². The maximum atomic E-state index is 12.8. The molecule has 1 aliphatic rings. The average molecular weight is 435 g/mol. The molecule has 0 spiro atoms. The van der Waals surface area contributed by atoms with Gasteiger partial charge in [-0.05, 0) is 61.3 Å². The number of piperidine rings is 1. The van der Waals surface area contributed by atoms with Crippen molar-refractivity contribution < 1.29 is 4.79 Å². The predicted molar refractivity (Wildman–Crippen MR) is 125 cm³/mol. The number of nitrogens with zero attached hydrogens (tertiary/aromatic N) is 3. The Bertz CT molecular complexity index is 1030. The van der Waals surface area contributed by atoms with Crippen molar-refractivity contribution in [1.29, 1.82) is 0 Å². The van der Waals surface area contributed by atoms with E-state index in [1.807, 2.05) is 60.9 Å². The summed E-state index contributed by atoms with van der Waals surface area (Å²) in [5.41, 5.74) is 4.01. The van der Waals surface area contributed by atoms with Crippen LogP contribution in [0.15, 0.2) is 60.9 Å². The number of carbonyl (C=O) groups is 1. The third-order valence-electron chi connectivity index (χ3n) is 5.73. The van der Waals surface area contributed by atoms with Gasteiger partial charge >= 0.3 is 0 Å². The van der Waals surface area contributed by atoms with Gasteiger partial charge < -0.3 is 5.32 Å². The molecule has 2 aromatic carbocycles. The van der Waals surface area contributed by atoms with Gasteiger partial charge in [0.15, 0.2) is 0 Å². The van der Waals surface area contributed by atoms with Crippen molar-refractivity contribution in [3.63, 3.8) is 0 Å². The number of aryl methyl sites for hydroxylation is 1. The van der Waals surface area contributed by atoms with Crippen LogP contribution in [0.1, 0.15) is 31.2 Å². The maximum absolute atomic E-state index is 12.8. The third kappa shape index (κ3) is 5.69. The molecule has 1 aromatic heterocycles. The fourth-order valence-electron chi connectivity index (χ4n) is 3.95. The van der Waals surface area contributed by atoms with Crippen LogP contribution in [0.3, 0.4) is 0 Å². The minimum atomic E-state index is 0.0322. The van der Waals surface area contributed by atoms with Crippen LogP contribution in [0.4, 0.5) is 5.69 Å². The van der Waals surface area contributed by atoms with Gasteiger partial charge in [-0.1, -0.05) is 42.8 Å². The molecule has 31 heavy (non-hydrogen) atoms. The molecule has 4 rings (SSSR count). The monoisotopic (exact) mass is 434 g/mol. The maximum Gasteiger partial charge on any atom is 0.227 e. The first kappa shape index (κ1) is 21.5. The van der Waals surface area contributed by atoms with Gasteiger partial charge in [-0.2, -0.15) is 0 Å². The van der Waals surface area contributed by atoms with Gasteiger partial charge in [0.25, 0.3) is 0 Å². The smallest absolute Gasteiger partial charge is 0.227 e. The van der Waals surface area contributed by atoms with Crippen molar-refractivity contribution in [1.82, 2.24) is 14.9 Å². The average Bonchev–Trinajstić information content (AvgIpc) is 2.80. The summed E-state index contributed by atoms with van der Waals surface area (Å²) in [6.45, 7) is 4.69. The van der Waals surface area contributed by atoms with Crippen LogP contribution >= 0.6 is 11.6 Å². The van der Waals surface area contributed by atoms with Gasteiger partial charge in [0.2, 0.25) is 5.91 Å². The molecule has 0 radical (unpaired) electrons. The zero-order chi connectivity index (χ0) is 21.6. The van der Waals surface area contributed by atoms with E-state index in [1.165, 1.54) is 0 Å². The first-order valence-electron chi connectivity index (χ1n) is 10.8. The number of nitrogens with one attached hydrogen (secondary N) is 1. The first-order chi connectivity index (χ1) is 15.1. The fourth-order valence-corrected chi connectivity index (χ4v) is 4.14. The summed E-state index contributed by atoms with van der Waals surface area (Å²) in [6.07, 6.45) is 6.39. The van der Waals surface area contributed by atoms with E-state index in [2.05, 4.69) is 27.1 Å². The SMILES string of the molecule is CCc1ncc(CN2CCC(C(=O)Nc3cccc(-c4cccc(Cl)c4)c3)CC2)cn1. The van der Waals surface area contributed by atoms with Gasteiger partial charge in [0.1, 0.15) is 5.82 Å². The number of amides is 1. The van der Waals surface area contributed by atoms with E-state index in [0.717, 1.165) is 67.1 Å². The molecule has 0 saturated carbocycles. The highest BCUT2D eigenvalue weighted by molar-refractivity contribution is 6.30.